The number of hydrogen-bond donors (Lipinski definition) is 0. The standard InChI is InChI=1S/C20H29NO5/c1-24-18-11-9-17(10-12-18)16-25-14-7-5-3-2-4-6-8-19(22)21-13-15-26-20(21)23/h9-12H,2-8,13-16H2,1H3. The zero-order valence-corrected chi connectivity index (χ0v) is 15.6. The van der Waals surface area contributed by atoms with Crippen LogP contribution in [0.25, 0.3) is 0 Å². The van der Waals surface area contributed by atoms with Crippen LogP contribution in [0.2, 0.25) is 0 Å². The van der Waals surface area contributed by atoms with Crippen LogP contribution in [0.15, 0.2) is 24.3 Å². The lowest BCUT2D eigenvalue weighted by Gasteiger charge is -2.10. The fourth-order valence-electron chi connectivity index (χ4n) is 2.85. The number of amides is 2. The third kappa shape index (κ3) is 7.04. The minimum atomic E-state index is -0.496. The van der Waals surface area contributed by atoms with E-state index < -0.39 is 6.09 Å². The van der Waals surface area contributed by atoms with E-state index in [0.29, 0.717) is 26.2 Å². The molecule has 1 aliphatic heterocycles. The van der Waals surface area contributed by atoms with Gasteiger partial charge in [0, 0.05) is 13.0 Å². The molecule has 0 N–H and O–H groups in total. The molecule has 1 aromatic carbocycles. The summed E-state index contributed by atoms with van der Waals surface area (Å²) in [4.78, 5) is 24.3. The topological polar surface area (TPSA) is 65.1 Å². The maximum atomic E-state index is 11.8. The molecular formula is C20H29NO5. The monoisotopic (exact) mass is 363 g/mol. The Labute approximate surface area is 155 Å². The van der Waals surface area contributed by atoms with Gasteiger partial charge in [-0.15, -0.1) is 0 Å². The first-order valence-electron chi connectivity index (χ1n) is 9.38. The van der Waals surface area contributed by atoms with Crippen molar-refractivity contribution in [3.05, 3.63) is 29.8 Å². The molecule has 2 amide bonds. The molecule has 1 heterocycles. The largest absolute Gasteiger partial charge is 0.497 e. The molecular weight excluding hydrogens is 334 g/mol. The van der Waals surface area contributed by atoms with Gasteiger partial charge in [-0.25, -0.2) is 9.69 Å². The Morgan fingerprint density at radius 2 is 1.77 bits per heavy atom. The summed E-state index contributed by atoms with van der Waals surface area (Å²) < 4.78 is 15.6. The van der Waals surface area contributed by atoms with Crippen molar-refractivity contribution in [2.24, 2.45) is 0 Å². The number of rotatable bonds is 12. The Morgan fingerprint density at radius 1 is 1.08 bits per heavy atom. The van der Waals surface area contributed by atoms with E-state index in [2.05, 4.69) is 0 Å². The van der Waals surface area contributed by atoms with Crippen LogP contribution in [-0.4, -0.2) is 43.8 Å². The summed E-state index contributed by atoms with van der Waals surface area (Å²) in [7, 11) is 1.66. The van der Waals surface area contributed by atoms with Gasteiger partial charge in [-0.05, 0) is 30.5 Å². The quantitative estimate of drug-likeness (QED) is 0.527. The van der Waals surface area contributed by atoms with E-state index in [1.165, 1.54) is 4.90 Å². The molecule has 0 bridgehead atoms. The summed E-state index contributed by atoms with van der Waals surface area (Å²) in [6.07, 6.45) is 6.22. The van der Waals surface area contributed by atoms with E-state index in [1.54, 1.807) is 7.11 Å². The molecule has 26 heavy (non-hydrogen) atoms. The Morgan fingerprint density at radius 3 is 2.42 bits per heavy atom. The third-order valence-corrected chi connectivity index (χ3v) is 4.42. The lowest BCUT2D eigenvalue weighted by atomic mass is 10.1. The molecule has 0 radical (unpaired) electrons. The second kappa shape index (κ2) is 11.5. The van der Waals surface area contributed by atoms with Gasteiger partial charge in [0.2, 0.25) is 5.91 Å². The molecule has 144 valence electrons. The molecule has 0 aromatic heterocycles. The van der Waals surface area contributed by atoms with E-state index in [9.17, 15) is 9.59 Å². The lowest BCUT2D eigenvalue weighted by molar-refractivity contribution is -0.127. The van der Waals surface area contributed by atoms with Crippen LogP contribution < -0.4 is 4.74 Å². The highest BCUT2D eigenvalue weighted by Crippen LogP contribution is 2.13. The van der Waals surface area contributed by atoms with Gasteiger partial charge in [-0.3, -0.25) is 4.79 Å². The molecule has 0 aliphatic carbocycles. The predicted octanol–water partition coefficient (Wildman–Crippen LogP) is 3.92. The molecule has 6 heteroatoms. The van der Waals surface area contributed by atoms with Crippen LogP contribution in [0.5, 0.6) is 5.75 Å². The van der Waals surface area contributed by atoms with Crippen LogP contribution in [-0.2, 0) is 20.9 Å². The molecule has 1 saturated heterocycles. The van der Waals surface area contributed by atoms with E-state index in [4.69, 9.17) is 14.2 Å². The number of methoxy groups -OCH3 is 1. The fourth-order valence-corrected chi connectivity index (χ4v) is 2.85. The summed E-state index contributed by atoms with van der Waals surface area (Å²) in [6, 6.07) is 7.91. The summed E-state index contributed by atoms with van der Waals surface area (Å²) >= 11 is 0. The molecule has 6 nitrogen and oxygen atoms in total. The van der Waals surface area contributed by atoms with Gasteiger partial charge < -0.3 is 14.2 Å². The highest BCUT2D eigenvalue weighted by Gasteiger charge is 2.27. The number of hydrogen-bond acceptors (Lipinski definition) is 5. The summed E-state index contributed by atoms with van der Waals surface area (Å²) in [6.45, 7) is 2.12. The average molecular weight is 363 g/mol. The first kappa shape index (κ1) is 20.2. The van der Waals surface area contributed by atoms with Crippen molar-refractivity contribution < 1.29 is 23.8 Å². The van der Waals surface area contributed by atoms with Crippen molar-refractivity contribution in [2.75, 3.05) is 26.9 Å². The normalized spacial score (nSPS) is 13.7. The van der Waals surface area contributed by atoms with Gasteiger partial charge in [-0.2, -0.15) is 0 Å². The van der Waals surface area contributed by atoms with Gasteiger partial charge >= 0.3 is 6.09 Å². The maximum absolute atomic E-state index is 11.8. The first-order chi connectivity index (χ1) is 12.7. The van der Waals surface area contributed by atoms with E-state index in [0.717, 1.165) is 56.4 Å². The first-order valence-corrected chi connectivity index (χ1v) is 9.38. The van der Waals surface area contributed by atoms with Crippen LogP contribution in [0.4, 0.5) is 4.79 Å². The van der Waals surface area contributed by atoms with Crippen LogP contribution >= 0.6 is 0 Å². The summed E-state index contributed by atoms with van der Waals surface area (Å²) in [5.41, 5.74) is 1.15. The van der Waals surface area contributed by atoms with Crippen molar-refractivity contribution in [2.45, 2.75) is 51.6 Å². The zero-order valence-electron chi connectivity index (χ0n) is 15.6. The summed E-state index contributed by atoms with van der Waals surface area (Å²) in [5.74, 6) is 0.746. The molecule has 0 spiro atoms. The molecule has 0 atom stereocenters. The number of benzene rings is 1. The smallest absolute Gasteiger partial charge is 0.416 e. The van der Waals surface area contributed by atoms with E-state index in [1.807, 2.05) is 24.3 Å². The number of ether oxygens (including phenoxy) is 3. The summed E-state index contributed by atoms with van der Waals surface area (Å²) in [5, 5.41) is 0. The lowest BCUT2D eigenvalue weighted by Crippen LogP contribution is -2.31. The van der Waals surface area contributed by atoms with Crippen molar-refractivity contribution in [3.8, 4) is 5.75 Å². The van der Waals surface area contributed by atoms with Gasteiger partial charge in [0.25, 0.3) is 0 Å². The molecule has 1 aliphatic rings. The van der Waals surface area contributed by atoms with Gasteiger partial charge in [0.1, 0.15) is 12.4 Å². The second-order valence-corrected chi connectivity index (χ2v) is 6.43. The van der Waals surface area contributed by atoms with E-state index in [-0.39, 0.29) is 5.91 Å². The Bertz CT molecular complexity index is 558. The van der Waals surface area contributed by atoms with Crippen molar-refractivity contribution in [1.29, 1.82) is 0 Å². The van der Waals surface area contributed by atoms with Crippen LogP contribution in [0.3, 0.4) is 0 Å². The molecule has 2 rings (SSSR count). The minimum absolute atomic E-state index is 0.112. The maximum Gasteiger partial charge on any atom is 0.416 e. The minimum Gasteiger partial charge on any atom is -0.497 e. The Kier molecular flexibility index (Phi) is 8.96. The fraction of sp³-hybridized carbons (Fsp3) is 0.600. The van der Waals surface area contributed by atoms with Crippen molar-refractivity contribution in [3.63, 3.8) is 0 Å². The highest BCUT2D eigenvalue weighted by molar-refractivity contribution is 5.92. The number of unbranched alkanes of at least 4 members (excludes halogenated alkanes) is 5. The Balaban J connectivity index is 1.40. The second-order valence-electron chi connectivity index (χ2n) is 6.43. The number of carbonyl (C=O) groups excluding carboxylic acids is 2. The van der Waals surface area contributed by atoms with Gasteiger partial charge in [-0.1, -0.05) is 37.8 Å². The number of cyclic esters (lactones) is 1. The Hall–Kier alpha value is -2.08. The molecule has 0 saturated carbocycles. The van der Waals surface area contributed by atoms with Crippen molar-refractivity contribution in [1.82, 2.24) is 4.90 Å². The predicted molar refractivity (Wildman–Crippen MR) is 98.0 cm³/mol. The third-order valence-electron chi connectivity index (χ3n) is 4.42. The SMILES string of the molecule is COc1ccc(COCCCCCCCCC(=O)N2CCOC2=O)cc1. The van der Waals surface area contributed by atoms with Gasteiger partial charge in [0.05, 0.1) is 20.3 Å². The number of nitrogens with zero attached hydrogens (tertiary/aromatic N) is 1. The van der Waals surface area contributed by atoms with Crippen LogP contribution in [0, 0.1) is 0 Å². The van der Waals surface area contributed by atoms with Gasteiger partial charge in [0.15, 0.2) is 0 Å². The highest BCUT2D eigenvalue weighted by atomic mass is 16.6. The van der Waals surface area contributed by atoms with Crippen molar-refractivity contribution >= 4 is 12.0 Å². The zero-order chi connectivity index (χ0) is 18.6. The number of imide groups is 1. The van der Waals surface area contributed by atoms with Crippen LogP contribution in [0.1, 0.15) is 50.5 Å². The van der Waals surface area contributed by atoms with E-state index >= 15 is 0 Å². The number of carbonyl (C=O) groups is 2. The molecule has 0 unspecified atom stereocenters. The molecule has 1 aromatic rings. The molecule has 1 fully saturated rings. The average Bonchev–Trinajstić information content (AvgIpc) is 3.09.